The zero-order valence-corrected chi connectivity index (χ0v) is 17.4. The van der Waals surface area contributed by atoms with Crippen LogP contribution in [0, 0.1) is 0 Å². The molecule has 0 saturated carbocycles. The van der Waals surface area contributed by atoms with E-state index >= 15 is 0 Å². The molecule has 3 aromatic rings. The number of fused-ring (bicyclic) bond motifs is 2. The highest BCUT2D eigenvalue weighted by atomic mass is 32.2. The fraction of sp³-hybridized carbons (Fsp3) is 0.273. The Labute approximate surface area is 174 Å². The lowest BCUT2D eigenvalue weighted by molar-refractivity contribution is 0.0724. The Morgan fingerprint density at radius 2 is 1.77 bits per heavy atom. The molecule has 7 nitrogen and oxygen atoms in total. The summed E-state index contributed by atoms with van der Waals surface area (Å²) in [7, 11) is -1.91. The van der Waals surface area contributed by atoms with Gasteiger partial charge < -0.3 is 14.2 Å². The minimum absolute atomic E-state index is 0.0194. The molecule has 5 rings (SSSR count). The SMILES string of the molecule is COc1ccc(-c2nc3n(c2C(=O)N2CCc4ccccc4C2)CCS3(=O)=O)cc1. The maximum atomic E-state index is 13.6. The molecule has 0 radical (unpaired) electrons. The summed E-state index contributed by atoms with van der Waals surface area (Å²) >= 11 is 0. The number of aromatic nitrogens is 2. The van der Waals surface area contributed by atoms with Crippen molar-refractivity contribution in [1.29, 1.82) is 0 Å². The maximum Gasteiger partial charge on any atom is 0.273 e. The fourth-order valence-electron chi connectivity index (χ4n) is 4.17. The molecule has 154 valence electrons. The van der Waals surface area contributed by atoms with E-state index in [0.29, 0.717) is 35.8 Å². The van der Waals surface area contributed by atoms with Crippen molar-refractivity contribution < 1.29 is 17.9 Å². The molecule has 8 heteroatoms. The van der Waals surface area contributed by atoms with Crippen molar-refractivity contribution in [2.75, 3.05) is 19.4 Å². The van der Waals surface area contributed by atoms with Gasteiger partial charge in [0.1, 0.15) is 17.1 Å². The number of imidazole rings is 1. The zero-order chi connectivity index (χ0) is 20.9. The summed E-state index contributed by atoms with van der Waals surface area (Å²) in [5.41, 5.74) is 3.80. The van der Waals surface area contributed by atoms with E-state index in [1.54, 1.807) is 40.8 Å². The summed E-state index contributed by atoms with van der Waals surface area (Å²) in [5, 5.41) is -0.0194. The number of methoxy groups -OCH3 is 1. The number of rotatable bonds is 3. The van der Waals surface area contributed by atoms with Crippen LogP contribution in [-0.2, 0) is 29.3 Å². The van der Waals surface area contributed by atoms with Crippen LogP contribution in [-0.4, -0.2) is 48.2 Å². The molecular formula is C22H21N3O4S. The fourth-order valence-corrected chi connectivity index (χ4v) is 5.52. The number of ether oxygens (including phenoxy) is 1. The molecule has 1 aromatic heterocycles. The van der Waals surface area contributed by atoms with Crippen molar-refractivity contribution in [2.45, 2.75) is 24.7 Å². The van der Waals surface area contributed by atoms with Crippen molar-refractivity contribution in [3.63, 3.8) is 0 Å². The Kier molecular flexibility index (Phi) is 4.39. The number of amides is 1. The van der Waals surface area contributed by atoms with Gasteiger partial charge in [0.05, 0.1) is 12.9 Å². The highest BCUT2D eigenvalue weighted by molar-refractivity contribution is 7.91. The van der Waals surface area contributed by atoms with Crippen LogP contribution >= 0.6 is 0 Å². The minimum atomic E-state index is -3.48. The number of carbonyl (C=O) groups excluding carboxylic acids is 1. The third kappa shape index (κ3) is 2.99. The molecule has 2 aromatic carbocycles. The predicted molar refractivity (Wildman–Crippen MR) is 111 cm³/mol. The van der Waals surface area contributed by atoms with Crippen LogP contribution in [0.25, 0.3) is 11.3 Å². The largest absolute Gasteiger partial charge is 0.497 e. The number of hydrogen-bond donors (Lipinski definition) is 0. The lowest BCUT2D eigenvalue weighted by Gasteiger charge is -2.29. The Balaban J connectivity index is 1.59. The van der Waals surface area contributed by atoms with E-state index in [-0.39, 0.29) is 23.4 Å². The van der Waals surface area contributed by atoms with Gasteiger partial charge in [-0.1, -0.05) is 24.3 Å². The molecule has 0 aliphatic carbocycles. The number of carbonyl (C=O) groups is 1. The first-order valence-electron chi connectivity index (χ1n) is 9.82. The summed E-state index contributed by atoms with van der Waals surface area (Å²) in [6, 6.07) is 15.2. The molecule has 0 atom stereocenters. The first kappa shape index (κ1) is 18.9. The Hall–Kier alpha value is -3.13. The van der Waals surface area contributed by atoms with Crippen molar-refractivity contribution in [3.8, 4) is 17.0 Å². The van der Waals surface area contributed by atoms with E-state index in [4.69, 9.17) is 4.74 Å². The number of benzene rings is 2. The van der Waals surface area contributed by atoms with E-state index in [1.165, 1.54) is 5.56 Å². The molecule has 3 heterocycles. The average molecular weight is 423 g/mol. The van der Waals surface area contributed by atoms with Gasteiger partial charge in [-0.05, 0) is 41.8 Å². The summed E-state index contributed by atoms with van der Waals surface area (Å²) in [6.45, 7) is 1.34. The van der Waals surface area contributed by atoms with E-state index in [9.17, 15) is 13.2 Å². The quantitative estimate of drug-likeness (QED) is 0.647. The first-order valence-corrected chi connectivity index (χ1v) is 11.5. The normalized spacial score (nSPS) is 16.8. The molecule has 0 N–H and O–H groups in total. The van der Waals surface area contributed by atoms with Crippen LogP contribution in [0.4, 0.5) is 0 Å². The summed E-state index contributed by atoms with van der Waals surface area (Å²) in [6.07, 6.45) is 0.777. The Morgan fingerprint density at radius 3 is 2.50 bits per heavy atom. The molecular weight excluding hydrogens is 402 g/mol. The maximum absolute atomic E-state index is 13.6. The van der Waals surface area contributed by atoms with Crippen molar-refractivity contribution in [3.05, 3.63) is 65.4 Å². The van der Waals surface area contributed by atoms with Gasteiger partial charge in [-0.25, -0.2) is 13.4 Å². The summed E-state index contributed by atoms with van der Waals surface area (Å²) in [4.78, 5) is 19.8. The van der Waals surface area contributed by atoms with Crippen LogP contribution in [0.5, 0.6) is 5.75 Å². The monoisotopic (exact) mass is 423 g/mol. The van der Waals surface area contributed by atoms with Gasteiger partial charge in [-0.15, -0.1) is 0 Å². The van der Waals surface area contributed by atoms with E-state index in [0.717, 1.165) is 12.0 Å². The van der Waals surface area contributed by atoms with Gasteiger partial charge in [0.2, 0.25) is 15.0 Å². The summed E-state index contributed by atoms with van der Waals surface area (Å²) < 4.78 is 31.7. The van der Waals surface area contributed by atoms with Gasteiger partial charge in [-0.3, -0.25) is 4.79 Å². The molecule has 2 aliphatic heterocycles. The topological polar surface area (TPSA) is 81.5 Å². The molecule has 0 fully saturated rings. The van der Waals surface area contributed by atoms with Crippen LogP contribution < -0.4 is 4.74 Å². The zero-order valence-electron chi connectivity index (χ0n) is 16.5. The highest BCUT2D eigenvalue weighted by Gasteiger charge is 2.37. The first-order chi connectivity index (χ1) is 14.5. The Morgan fingerprint density at radius 1 is 1.03 bits per heavy atom. The predicted octanol–water partition coefficient (Wildman–Crippen LogP) is 2.54. The average Bonchev–Trinajstić information content (AvgIpc) is 3.30. The molecule has 0 bridgehead atoms. The van der Waals surface area contributed by atoms with Crippen LogP contribution in [0.15, 0.2) is 53.7 Å². The van der Waals surface area contributed by atoms with Crippen LogP contribution in [0.1, 0.15) is 21.6 Å². The van der Waals surface area contributed by atoms with Crippen molar-refractivity contribution in [1.82, 2.24) is 14.5 Å². The van der Waals surface area contributed by atoms with E-state index in [1.807, 2.05) is 18.2 Å². The number of nitrogens with zero attached hydrogens (tertiary/aromatic N) is 3. The molecule has 0 saturated heterocycles. The second-order valence-electron chi connectivity index (χ2n) is 7.54. The molecule has 0 spiro atoms. The van der Waals surface area contributed by atoms with Crippen molar-refractivity contribution >= 4 is 15.7 Å². The lowest BCUT2D eigenvalue weighted by Crippen LogP contribution is -2.37. The van der Waals surface area contributed by atoms with Gasteiger partial charge >= 0.3 is 0 Å². The van der Waals surface area contributed by atoms with Crippen LogP contribution in [0.3, 0.4) is 0 Å². The third-order valence-corrected chi connectivity index (χ3v) is 7.37. The van der Waals surface area contributed by atoms with E-state index < -0.39 is 9.84 Å². The number of sulfone groups is 1. The van der Waals surface area contributed by atoms with Crippen LogP contribution in [0.2, 0.25) is 0 Å². The third-order valence-electron chi connectivity index (χ3n) is 5.78. The van der Waals surface area contributed by atoms with Gasteiger partial charge in [-0.2, -0.15) is 0 Å². The molecule has 2 aliphatic rings. The molecule has 1 amide bonds. The Bertz CT molecular complexity index is 1250. The van der Waals surface area contributed by atoms with E-state index in [2.05, 4.69) is 11.1 Å². The summed E-state index contributed by atoms with van der Waals surface area (Å²) in [5.74, 6) is 0.464. The molecule has 0 unspecified atom stereocenters. The second-order valence-corrected chi connectivity index (χ2v) is 9.54. The van der Waals surface area contributed by atoms with Gasteiger partial charge in [0.25, 0.3) is 5.91 Å². The van der Waals surface area contributed by atoms with Gasteiger partial charge in [0, 0.05) is 25.2 Å². The van der Waals surface area contributed by atoms with Gasteiger partial charge in [0.15, 0.2) is 0 Å². The minimum Gasteiger partial charge on any atom is -0.497 e. The highest BCUT2D eigenvalue weighted by Crippen LogP contribution is 2.33. The smallest absolute Gasteiger partial charge is 0.273 e. The lowest BCUT2D eigenvalue weighted by atomic mass is 9.99. The van der Waals surface area contributed by atoms with Crippen molar-refractivity contribution in [2.24, 2.45) is 0 Å². The number of hydrogen-bond acceptors (Lipinski definition) is 5. The molecule has 30 heavy (non-hydrogen) atoms. The second kappa shape index (κ2) is 6.98. The standard InChI is InChI=1S/C22H21N3O4S/c1-29-18-8-6-16(7-9-18)19-20(25-12-13-30(27,28)22(25)23-19)21(26)24-11-10-15-4-2-3-5-17(15)14-24/h2-9H,10-14H2,1H3.